The van der Waals surface area contributed by atoms with E-state index in [2.05, 4.69) is 0 Å². The predicted molar refractivity (Wildman–Crippen MR) is 92.9 cm³/mol. The van der Waals surface area contributed by atoms with E-state index >= 15 is 0 Å². The molecule has 25 heavy (non-hydrogen) atoms. The molecule has 0 bridgehead atoms. The van der Waals surface area contributed by atoms with Gasteiger partial charge in [0.1, 0.15) is 17.3 Å². The molecule has 1 atom stereocenters. The Morgan fingerprint density at radius 3 is 2.12 bits per heavy atom. The smallest absolute Gasteiger partial charge is 0.309 e. The molecule has 0 heterocycles. The van der Waals surface area contributed by atoms with Crippen LogP contribution in [0.25, 0.3) is 0 Å². The molecular formula is C20H23FO4. The molecule has 0 fully saturated rings. The van der Waals surface area contributed by atoms with Crippen LogP contribution in [0.2, 0.25) is 0 Å². The fourth-order valence-corrected chi connectivity index (χ4v) is 2.21. The van der Waals surface area contributed by atoms with Gasteiger partial charge in [0.25, 0.3) is 0 Å². The van der Waals surface area contributed by atoms with Crippen molar-refractivity contribution >= 4 is 5.97 Å². The number of hydrogen-bond acceptors (Lipinski definition) is 4. The molecule has 1 N–H and O–H groups in total. The topological polar surface area (TPSA) is 55.8 Å². The molecule has 2 rings (SSSR count). The van der Waals surface area contributed by atoms with Gasteiger partial charge in [0, 0.05) is 0 Å². The van der Waals surface area contributed by atoms with Crippen LogP contribution < -0.4 is 4.74 Å². The summed E-state index contributed by atoms with van der Waals surface area (Å²) in [6.07, 6.45) is -0.127. The lowest BCUT2D eigenvalue weighted by Gasteiger charge is -2.23. The number of esters is 1. The first-order chi connectivity index (χ1) is 11.8. The Labute approximate surface area is 147 Å². The Hall–Kier alpha value is -2.40. The fourth-order valence-electron chi connectivity index (χ4n) is 2.21. The SMILES string of the molecule is CC(C)COC(=O)CC(C)(O)c1ccc(Oc2ccc(F)cc2)cc1. The number of benzene rings is 2. The normalized spacial score (nSPS) is 13.4. The van der Waals surface area contributed by atoms with E-state index in [4.69, 9.17) is 9.47 Å². The van der Waals surface area contributed by atoms with Gasteiger partial charge in [-0.2, -0.15) is 0 Å². The van der Waals surface area contributed by atoms with Crippen LogP contribution in [-0.4, -0.2) is 17.7 Å². The van der Waals surface area contributed by atoms with Crippen LogP contribution >= 0.6 is 0 Å². The third kappa shape index (κ3) is 5.87. The van der Waals surface area contributed by atoms with Crippen molar-refractivity contribution in [1.29, 1.82) is 0 Å². The number of hydrogen-bond donors (Lipinski definition) is 1. The highest BCUT2D eigenvalue weighted by Crippen LogP contribution is 2.28. The molecule has 0 radical (unpaired) electrons. The van der Waals surface area contributed by atoms with Gasteiger partial charge < -0.3 is 14.6 Å². The summed E-state index contributed by atoms with van der Waals surface area (Å²) in [5.41, 5.74) is -0.747. The van der Waals surface area contributed by atoms with E-state index in [1.807, 2.05) is 13.8 Å². The summed E-state index contributed by atoms with van der Waals surface area (Å²) >= 11 is 0. The molecule has 0 aliphatic rings. The van der Waals surface area contributed by atoms with Crippen molar-refractivity contribution in [2.24, 2.45) is 5.92 Å². The molecule has 134 valence electrons. The summed E-state index contributed by atoms with van der Waals surface area (Å²) in [6, 6.07) is 12.4. The molecular weight excluding hydrogens is 323 g/mol. The lowest BCUT2D eigenvalue weighted by atomic mass is 9.92. The molecule has 0 spiro atoms. The van der Waals surface area contributed by atoms with E-state index < -0.39 is 11.6 Å². The van der Waals surface area contributed by atoms with Crippen molar-refractivity contribution in [3.8, 4) is 11.5 Å². The molecule has 2 aromatic rings. The second kappa shape index (κ2) is 8.12. The quantitative estimate of drug-likeness (QED) is 0.754. The zero-order valence-electron chi connectivity index (χ0n) is 14.7. The summed E-state index contributed by atoms with van der Waals surface area (Å²) in [5.74, 6) is 0.539. The van der Waals surface area contributed by atoms with Crippen LogP contribution in [0.5, 0.6) is 11.5 Å². The van der Waals surface area contributed by atoms with Crippen LogP contribution in [-0.2, 0) is 15.1 Å². The van der Waals surface area contributed by atoms with Crippen LogP contribution in [0.3, 0.4) is 0 Å². The van der Waals surface area contributed by atoms with Crippen molar-refractivity contribution in [1.82, 2.24) is 0 Å². The first-order valence-electron chi connectivity index (χ1n) is 8.18. The maximum atomic E-state index is 12.9. The Bertz CT molecular complexity index is 691. The van der Waals surface area contributed by atoms with Gasteiger partial charge in [-0.15, -0.1) is 0 Å². The van der Waals surface area contributed by atoms with Crippen molar-refractivity contribution in [3.05, 3.63) is 59.9 Å². The second-order valence-corrected chi connectivity index (χ2v) is 6.61. The average Bonchev–Trinajstić information content (AvgIpc) is 2.55. The second-order valence-electron chi connectivity index (χ2n) is 6.61. The van der Waals surface area contributed by atoms with Gasteiger partial charge in [-0.25, -0.2) is 4.39 Å². The van der Waals surface area contributed by atoms with Crippen LogP contribution in [0.15, 0.2) is 48.5 Å². The lowest BCUT2D eigenvalue weighted by molar-refractivity contribution is -0.150. The molecule has 0 amide bonds. The first-order valence-corrected chi connectivity index (χ1v) is 8.18. The van der Waals surface area contributed by atoms with Gasteiger partial charge in [0.15, 0.2) is 0 Å². The highest BCUT2D eigenvalue weighted by atomic mass is 19.1. The van der Waals surface area contributed by atoms with Gasteiger partial charge in [-0.3, -0.25) is 4.79 Å². The molecule has 0 aliphatic heterocycles. The lowest BCUT2D eigenvalue weighted by Crippen LogP contribution is -2.26. The maximum absolute atomic E-state index is 12.9. The highest BCUT2D eigenvalue weighted by molar-refractivity contribution is 5.71. The third-order valence-corrected chi connectivity index (χ3v) is 3.59. The maximum Gasteiger partial charge on any atom is 0.309 e. The van der Waals surface area contributed by atoms with Crippen LogP contribution in [0.1, 0.15) is 32.8 Å². The molecule has 1 unspecified atom stereocenters. The summed E-state index contributed by atoms with van der Waals surface area (Å²) in [5, 5.41) is 10.5. The Kier molecular flexibility index (Phi) is 6.15. The molecule has 0 saturated heterocycles. The zero-order valence-corrected chi connectivity index (χ0v) is 14.7. The number of halogens is 1. The summed E-state index contributed by atoms with van der Waals surface area (Å²) < 4.78 is 23.6. The van der Waals surface area contributed by atoms with Gasteiger partial charge >= 0.3 is 5.97 Å². The Morgan fingerprint density at radius 1 is 1.08 bits per heavy atom. The summed E-state index contributed by atoms with van der Waals surface area (Å²) in [7, 11) is 0. The van der Waals surface area contributed by atoms with E-state index in [-0.39, 0.29) is 18.2 Å². The minimum atomic E-state index is -1.33. The van der Waals surface area contributed by atoms with Crippen molar-refractivity contribution in [3.63, 3.8) is 0 Å². The highest BCUT2D eigenvalue weighted by Gasteiger charge is 2.27. The monoisotopic (exact) mass is 346 g/mol. The summed E-state index contributed by atoms with van der Waals surface area (Å²) in [6.45, 7) is 5.80. The number of rotatable bonds is 7. The third-order valence-electron chi connectivity index (χ3n) is 3.59. The standard InChI is InChI=1S/C20H23FO4/c1-14(2)13-24-19(22)12-20(3,23)15-4-8-17(9-5-15)25-18-10-6-16(21)7-11-18/h4-11,14,23H,12-13H2,1-3H3. The van der Waals surface area contributed by atoms with Crippen LogP contribution in [0, 0.1) is 11.7 Å². The van der Waals surface area contributed by atoms with E-state index in [0.29, 0.717) is 23.7 Å². The van der Waals surface area contributed by atoms with E-state index in [1.54, 1.807) is 31.2 Å². The van der Waals surface area contributed by atoms with Crippen molar-refractivity contribution < 1.29 is 23.8 Å². The Balaban J connectivity index is 1.99. The number of carbonyl (C=O) groups excluding carboxylic acids is 1. The molecule has 0 saturated carbocycles. The minimum Gasteiger partial charge on any atom is -0.465 e. The zero-order chi connectivity index (χ0) is 18.4. The van der Waals surface area contributed by atoms with Gasteiger partial charge in [-0.1, -0.05) is 26.0 Å². The molecule has 2 aromatic carbocycles. The van der Waals surface area contributed by atoms with Crippen LogP contribution in [0.4, 0.5) is 4.39 Å². The molecule has 4 nitrogen and oxygen atoms in total. The summed E-state index contributed by atoms with van der Waals surface area (Å²) in [4.78, 5) is 11.8. The first kappa shape index (κ1) is 18.9. The predicted octanol–water partition coefficient (Wildman–Crippen LogP) is 4.41. The average molecular weight is 346 g/mol. The van der Waals surface area contributed by atoms with Crippen molar-refractivity contribution in [2.75, 3.05) is 6.61 Å². The molecule has 0 aromatic heterocycles. The van der Waals surface area contributed by atoms with Gasteiger partial charge in [0.05, 0.1) is 18.6 Å². The number of carbonyl (C=O) groups is 1. The molecule has 0 aliphatic carbocycles. The van der Waals surface area contributed by atoms with E-state index in [9.17, 15) is 14.3 Å². The fraction of sp³-hybridized carbons (Fsp3) is 0.350. The van der Waals surface area contributed by atoms with E-state index in [0.717, 1.165) is 0 Å². The largest absolute Gasteiger partial charge is 0.465 e. The number of ether oxygens (including phenoxy) is 2. The van der Waals surface area contributed by atoms with E-state index in [1.165, 1.54) is 24.3 Å². The van der Waals surface area contributed by atoms with Gasteiger partial charge in [-0.05, 0) is 54.8 Å². The number of aliphatic hydroxyl groups is 1. The van der Waals surface area contributed by atoms with Gasteiger partial charge in [0.2, 0.25) is 0 Å². The molecule has 5 heteroatoms. The van der Waals surface area contributed by atoms with Crippen molar-refractivity contribution in [2.45, 2.75) is 32.8 Å². The minimum absolute atomic E-state index is 0.127. The Morgan fingerprint density at radius 2 is 1.60 bits per heavy atom.